The molecule has 0 amide bonds. The molecule has 5 heteroatoms. The molecule has 0 aliphatic heterocycles. The third-order valence-electron chi connectivity index (χ3n) is 2.08. The van der Waals surface area contributed by atoms with Crippen LogP contribution in [0.15, 0.2) is 34.1 Å². The van der Waals surface area contributed by atoms with Crippen LogP contribution in [0.2, 0.25) is 5.02 Å². The lowest BCUT2D eigenvalue weighted by Gasteiger charge is -2.04. The average Bonchev–Trinajstić information content (AvgIpc) is 2.63. The summed E-state index contributed by atoms with van der Waals surface area (Å²) < 4.78 is 0.789. The first kappa shape index (κ1) is 11.6. The van der Waals surface area contributed by atoms with Crippen LogP contribution in [0.3, 0.4) is 0 Å². The summed E-state index contributed by atoms with van der Waals surface area (Å²) in [7, 11) is 0. The Morgan fingerprint density at radius 2 is 2.12 bits per heavy atom. The number of anilines is 1. The van der Waals surface area contributed by atoms with E-state index >= 15 is 0 Å². The number of benzene rings is 1. The number of rotatable bonds is 2. The maximum atomic E-state index is 12.1. The van der Waals surface area contributed by atoms with Gasteiger partial charge in [-0.1, -0.05) is 11.6 Å². The van der Waals surface area contributed by atoms with Gasteiger partial charge in [0.25, 0.3) is 0 Å². The number of carbonyl (C=O) groups excluding carboxylic acids is 1. The number of hydrogen-bond donors (Lipinski definition) is 1. The molecule has 2 N–H and O–H groups in total. The number of hydrogen-bond acceptors (Lipinski definition) is 3. The van der Waals surface area contributed by atoms with Gasteiger partial charge in [0, 0.05) is 20.7 Å². The monoisotopic (exact) mass is 315 g/mol. The third-order valence-corrected chi connectivity index (χ3v) is 4.15. The largest absolute Gasteiger partial charge is 0.398 e. The van der Waals surface area contributed by atoms with Crippen LogP contribution in [-0.4, -0.2) is 5.78 Å². The minimum absolute atomic E-state index is 0.0870. The summed E-state index contributed by atoms with van der Waals surface area (Å²) in [5, 5.41) is 2.38. The number of nitrogens with two attached hydrogens (primary N) is 1. The average molecular weight is 317 g/mol. The van der Waals surface area contributed by atoms with Crippen molar-refractivity contribution in [3.8, 4) is 0 Å². The standard InChI is InChI=1S/C11H7BrClNOS/c12-8-3-4-16-11(8)10(15)7-2-1-6(13)5-9(7)14/h1-5H,14H2. The first-order valence-corrected chi connectivity index (χ1v) is 6.47. The summed E-state index contributed by atoms with van der Waals surface area (Å²) >= 11 is 10.5. The number of thiophene rings is 1. The second-order valence-electron chi connectivity index (χ2n) is 3.16. The van der Waals surface area contributed by atoms with Crippen LogP contribution in [0.4, 0.5) is 5.69 Å². The molecule has 2 nitrogen and oxygen atoms in total. The highest BCUT2D eigenvalue weighted by Gasteiger charge is 2.16. The molecule has 0 aliphatic carbocycles. The molecule has 0 radical (unpaired) electrons. The van der Waals surface area contributed by atoms with Crippen LogP contribution < -0.4 is 5.73 Å². The van der Waals surface area contributed by atoms with Gasteiger partial charge in [0.1, 0.15) is 0 Å². The summed E-state index contributed by atoms with van der Waals surface area (Å²) in [6.45, 7) is 0. The number of halogens is 2. The van der Waals surface area contributed by atoms with E-state index in [2.05, 4.69) is 15.9 Å². The molecular weight excluding hydrogens is 310 g/mol. The van der Waals surface area contributed by atoms with E-state index in [9.17, 15) is 4.79 Å². The van der Waals surface area contributed by atoms with Crippen molar-refractivity contribution in [2.45, 2.75) is 0 Å². The molecule has 0 saturated carbocycles. The lowest BCUT2D eigenvalue weighted by molar-refractivity contribution is 0.104. The van der Waals surface area contributed by atoms with Crippen molar-refractivity contribution >= 4 is 50.3 Å². The van der Waals surface area contributed by atoms with Crippen molar-refractivity contribution in [1.29, 1.82) is 0 Å². The number of nitrogen functional groups attached to an aromatic ring is 1. The second kappa shape index (κ2) is 4.57. The summed E-state index contributed by atoms with van der Waals surface area (Å²) in [6, 6.07) is 6.72. The van der Waals surface area contributed by atoms with E-state index in [0.717, 1.165) is 4.47 Å². The van der Waals surface area contributed by atoms with E-state index in [1.807, 2.05) is 11.4 Å². The molecule has 0 fully saturated rings. The van der Waals surface area contributed by atoms with Crippen LogP contribution in [-0.2, 0) is 0 Å². The number of ketones is 1. The maximum Gasteiger partial charge on any atom is 0.206 e. The van der Waals surface area contributed by atoms with Crippen LogP contribution >= 0.6 is 38.9 Å². The minimum atomic E-state index is -0.0870. The van der Waals surface area contributed by atoms with Crippen molar-refractivity contribution in [3.05, 3.63) is 49.6 Å². The Kier molecular flexibility index (Phi) is 3.33. The van der Waals surface area contributed by atoms with Crippen LogP contribution in [0, 0.1) is 0 Å². The molecule has 2 rings (SSSR count). The molecule has 1 aromatic carbocycles. The van der Waals surface area contributed by atoms with Gasteiger partial charge in [-0.3, -0.25) is 4.79 Å². The second-order valence-corrected chi connectivity index (χ2v) is 5.37. The first-order valence-electron chi connectivity index (χ1n) is 4.42. The molecule has 0 bridgehead atoms. The van der Waals surface area contributed by atoms with Gasteiger partial charge in [0.05, 0.1) is 4.88 Å². The van der Waals surface area contributed by atoms with Gasteiger partial charge >= 0.3 is 0 Å². The fourth-order valence-corrected chi connectivity index (χ4v) is 3.00. The highest BCUT2D eigenvalue weighted by Crippen LogP contribution is 2.28. The quantitative estimate of drug-likeness (QED) is 0.673. The van der Waals surface area contributed by atoms with E-state index in [-0.39, 0.29) is 5.78 Å². The fourth-order valence-electron chi connectivity index (χ4n) is 1.32. The van der Waals surface area contributed by atoms with Gasteiger partial charge in [0.2, 0.25) is 5.78 Å². The smallest absolute Gasteiger partial charge is 0.206 e. The van der Waals surface area contributed by atoms with Crippen LogP contribution in [0.1, 0.15) is 15.2 Å². The van der Waals surface area contributed by atoms with Gasteiger partial charge in [-0.15, -0.1) is 11.3 Å². The van der Waals surface area contributed by atoms with Crippen LogP contribution in [0.5, 0.6) is 0 Å². The van der Waals surface area contributed by atoms with Crippen molar-refractivity contribution in [3.63, 3.8) is 0 Å². The Balaban J connectivity index is 2.46. The molecule has 0 spiro atoms. The normalized spacial score (nSPS) is 10.4. The molecule has 0 saturated heterocycles. The minimum Gasteiger partial charge on any atom is -0.398 e. The molecular formula is C11H7BrClNOS. The first-order chi connectivity index (χ1) is 7.59. The van der Waals surface area contributed by atoms with Gasteiger partial charge < -0.3 is 5.73 Å². The van der Waals surface area contributed by atoms with Crippen molar-refractivity contribution < 1.29 is 4.79 Å². The Bertz CT molecular complexity index is 553. The van der Waals surface area contributed by atoms with E-state index in [1.165, 1.54) is 11.3 Å². The highest BCUT2D eigenvalue weighted by molar-refractivity contribution is 9.10. The van der Waals surface area contributed by atoms with Crippen molar-refractivity contribution in [1.82, 2.24) is 0 Å². The Morgan fingerprint density at radius 3 is 2.69 bits per heavy atom. The summed E-state index contributed by atoms with van der Waals surface area (Å²) in [4.78, 5) is 12.8. The van der Waals surface area contributed by atoms with Crippen molar-refractivity contribution in [2.75, 3.05) is 5.73 Å². The van der Waals surface area contributed by atoms with Gasteiger partial charge in [-0.05, 0) is 45.6 Å². The lowest BCUT2D eigenvalue weighted by Crippen LogP contribution is -2.03. The number of carbonyl (C=O) groups is 1. The topological polar surface area (TPSA) is 43.1 Å². The zero-order valence-corrected chi connectivity index (χ0v) is 11.2. The Hall–Kier alpha value is -0.840. The lowest BCUT2D eigenvalue weighted by atomic mass is 10.1. The third kappa shape index (κ3) is 2.14. The maximum absolute atomic E-state index is 12.1. The van der Waals surface area contributed by atoms with E-state index in [4.69, 9.17) is 17.3 Å². The highest BCUT2D eigenvalue weighted by atomic mass is 79.9. The molecule has 2 aromatic rings. The molecule has 0 atom stereocenters. The Labute approximate surface area is 110 Å². The van der Waals surface area contributed by atoms with Crippen LogP contribution in [0.25, 0.3) is 0 Å². The molecule has 82 valence electrons. The molecule has 1 heterocycles. The Morgan fingerprint density at radius 1 is 1.38 bits per heavy atom. The summed E-state index contributed by atoms with van der Waals surface area (Å²) in [5.41, 5.74) is 6.64. The van der Waals surface area contributed by atoms with Crippen molar-refractivity contribution in [2.24, 2.45) is 0 Å². The summed E-state index contributed by atoms with van der Waals surface area (Å²) in [5.74, 6) is -0.0870. The van der Waals surface area contributed by atoms with Gasteiger partial charge in [-0.25, -0.2) is 0 Å². The van der Waals surface area contributed by atoms with E-state index < -0.39 is 0 Å². The molecule has 0 unspecified atom stereocenters. The van der Waals surface area contributed by atoms with Gasteiger partial charge in [-0.2, -0.15) is 0 Å². The van der Waals surface area contributed by atoms with Gasteiger partial charge in [0.15, 0.2) is 0 Å². The fraction of sp³-hybridized carbons (Fsp3) is 0. The zero-order valence-electron chi connectivity index (χ0n) is 8.04. The van der Waals surface area contributed by atoms with E-state index in [0.29, 0.717) is 21.2 Å². The molecule has 0 aliphatic rings. The predicted octanol–water partition coefficient (Wildman–Crippen LogP) is 3.98. The zero-order chi connectivity index (χ0) is 11.7. The molecule has 1 aromatic heterocycles. The SMILES string of the molecule is Nc1cc(Cl)ccc1C(=O)c1sccc1Br. The predicted molar refractivity (Wildman–Crippen MR) is 71.3 cm³/mol. The molecule has 16 heavy (non-hydrogen) atoms. The van der Waals surface area contributed by atoms with E-state index in [1.54, 1.807) is 18.2 Å². The summed E-state index contributed by atoms with van der Waals surface area (Å²) in [6.07, 6.45) is 0.